The van der Waals surface area contributed by atoms with E-state index in [1.807, 2.05) is 14.1 Å². The van der Waals surface area contributed by atoms with Gasteiger partial charge in [0.1, 0.15) is 10.7 Å². The third kappa shape index (κ3) is 3.63. The highest BCUT2D eigenvalue weighted by Crippen LogP contribution is 2.36. The summed E-state index contributed by atoms with van der Waals surface area (Å²) >= 11 is 1.21. The Bertz CT molecular complexity index is 665. The smallest absolute Gasteiger partial charge is 0.350 e. The van der Waals surface area contributed by atoms with Crippen molar-refractivity contribution in [3.63, 3.8) is 0 Å². The molecule has 2 aromatic heterocycles. The van der Waals surface area contributed by atoms with Gasteiger partial charge in [-0.2, -0.15) is 0 Å². The maximum Gasteiger partial charge on any atom is 0.350 e. The van der Waals surface area contributed by atoms with Gasteiger partial charge in [-0.25, -0.2) is 14.2 Å². The lowest BCUT2D eigenvalue weighted by molar-refractivity contribution is 0.0607. The fourth-order valence-corrected chi connectivity index (χ4v) is 2.54. The quantitative estimate of drug-likeness (QED) is 0.495. The molecule has 0 fully saturated rings. The number of methoxy groups -OCH3 is 1. The Kier molecular flexibility index (Phi) is 4.64. The number of pyridine rings is 1. The van der Waals surface area contributed by atoms with Crippen LogP contribution < -0.4 is 0 Å². The van der Waals surface area contributed by atoms with Gasteiger partial charge in [0.05, 0.1) is 35.9 Å². The molecule has 0 aromatic carbocycles. The van der Waals surface area contributed by atoms with Crippen LogP contribution in [0.1, 0.15) is 9.67 Å². The average molecular weight is 307 g/mol. The molecule has 0 radical (unpaired) electrons. The minimum absolute atomic E-state index is 0.386. The summed E-state index contributed by atoms with van der Waals surface area (Å²) in [5.41, 5.74) is 1.08. The summed E-state index contributed by atoms with van der Waals surface area (Å²) in [5, 5.41) is 0. The molecule has 0 saturated heterocycles. The molecule has 2 heterocycles. The standard InChI is InChI=1S/C14H14FN3O2S/c1-18(2)8-17-11-6-12(21-13(11)14(19)20-3)10-5-4-9(15)7-16-10/h4-8H,1-3H3. The van der Waals surface area contributed by atoms with Gasteiger partial charge in [0.25, 0.3) is 0 Å². The van der Waals surface area contributed by atoms with Gasteiger partial charge in [-0.15, -0.1) is 11.3 Å². The molecule has 5 nitrogen and oxygen atoms in total. The molecule has 0 N–H and O–H groups in total. The minimum atomic E-state index is -0.459. The summed E-state index contributed by atoms with van der Waals surface area (Å²) in [7, 11) is 4.98. The average Bonchev–Trinajstić information content (AvgIpc) is 2.89. The second-order valence-electron chi connectivity index (χ2n) is 4.39. The molecule has 0 aliphatic rings. The first-order chi connectivity index (χ1) is 10.0. The van der Waals surface area contributed by atoms with Crippen molar-refractivity contribution in [1.29, 1.82) is 0 Å². The number of aliphatic imine (C=N–C) groups is 1. The van der Waals surface area contributed by atoms with Gasteiger partial charge < -0.3 is 9.64 Å². The van der Waals surface area contributed by atoms with Crippen LogP contribution in [0.4, 0.5) is 10.1 Å². The SMILES string of the molecule is COC(=O)c1sc(-c2ccc(F)cn2)cc1N=CN(C)C. The highest BCUT2D eigenvalue weighted by molar-refractivity contribution is 7.17. The number of thiophene rings is 1. The van der Waals surface area contributed by atoms with Gasteiger partial charge in [-0.3, -0.25) is 4.98 Å². The highest BCUT2D eigenvalue weighted by Gasteiger charge is 2.18. The molecule has 0 atom stereocenters. The molecule has 0 unspecified atom stereocenters. The number of hydrogen-bond acceptors (Lipinski definition) is 5. The maximum atomic E-state index is 12.9. The first kappa shape index (κ1) is 15.1. The number of nitrogens with zero attached hydrogens (tertiary/aromatic N) is 3. The summed E-state index contributed by atoms with van der Waals surface area (Å²) in [6.07, 6.45) is 2.73. The van der Waals surface area contributed by atoms with E-state index >= 15 is 0 Å². The van der Waals surface area contributed by atoms with Gasteiger partial charge >= 0.3 is 5.97 Å². The van der Waals surface area contributed by atoms with Crippen molar-refractivity contribution in [3.05, 3.63) is 35.1 Å². The lowest BCUT2D eigenvalue weighted by atomic mass is 10.3. The number of halogens is 1. The zero-order chi connectivity index (χ0) is 15.4. The second kappa shape index (κ2) is 6.45. The van der Waals surface area contributed by atoms with Crippen LogP contribution in [0.3, 0.4) is 0 Å². The summed E-state index contributed by atoms with van der Waals surface area (Å²) in [5.74, 6) is -0.867. The van der Waals surface area contributed by atoms with Crippen molar-refractivity contribution >= 4 is 29.3 Å². The zero-order valence-electron chi connectivity index (χ0n) is 11.8. The van der Waals surface area contributed by atoms with Crippen LogP contribution in [-0.2, 0) is 4.74 Å². The Hall–Kier alpha value is -2.28. The molecule has 21 heavy (non-hydrogen) atoms. The third-order valence-electron chi connectivity index (χ3n) is 2.49. The molecule has 0 amide bonds. The first-order valence-corrected chi connectivity index (χ1v) is 6.87. The Morgan fingerprint density at radius 1 is 1.48 bits per heavy atom. The van der Waals surface area contributed by atoms with E-state index in [-0.39, 0.29) is 0 Å². The number of carbonyl (C=O) groups excluding carboxylic acids is 1. The Morgan fingerprint density at radius 3 is 2.81 bits per heavy atom. The molecular weight excluding hydrogens is 293 g/mol. The number of esters is 1. The molecule has 0 aliphatic carbocycles. The predicted molar refractivity (Wildman–Crippen MR) is 80.7 cm³/mol. The van der Waals surface area contributed by atoms with Crippen LogP contribution in [0.25, 0.3) is 10.6 Å². The van der Waals surface area contributed by atoms with Crippen LogP contribution in [0.5, 0.6) is 0 Å². The predicted octanol–water partition coefficient (Wildman–Crippen LogP) is 2.96. The summed E-state index contributed by atoms with van der Waals surface area (Å²) in [6.45, 7) is 0. The van der Waals surface area contributed by atoms with Crippen molar-refractivity contribution in [3.8, 4) is 10.6 Å². The number of carbonyl (C=O) groups is 1. The number of hydrogen-bond donors (Lipinski definition) is 0. The lowest BCUT2D eigenvalue weighted by Gasteiger charge is -2.02. The highest BCUT2D eigenvalue weighted by atomic mass is 32.1. The lowest BCUT2D eigenvalue weighted by Crippen LogP contribution is -2.07. The van der Waals surface area contributed by atoms with E-state index in [0.717, 1.165) is 11.1 Å². The number of aromatic nitrogens is 1. The van der Waals surface area contributed by atoms with Crippen LogP contribution in [0, 0.1) is 5.82 Å². The van der Waals surface area contributed by atoms with Crippen LogP contribution in [0.2, 0.25) is 0 Å². The van der Waals surface area contributed by atoms with Crippen LogP contribution in [-0.4, -0.2) is 43.4 Å². The van der Waals surface area contributed by atoms with E-state index in [9.17, 15) is 9.18 Å². The van der Waals surface area contributed by atoms with Gasteiger partial charge in [0.2, 0.25) is 0 Å². The summed E-state index contributed by atoms with van der Waals surface area (Å²) in [4.78, 5) is 22.9. The second-order valence-corrected chi connectivity index (χ2v) is 5.44. The van der Waals surface area contributed by atoms with E-state index in [2.05, 4.69) is 9.98 Å². The Balaban J connectivity index is 2.44. The van der Waals surface area contributed by atoms with E-state index in [4.69, 9.17) is 4.74 Å². The van der Waals surface area contributed by atoms with Crippen LogP contribution in [0.15, 0.2) is 29.4 Å². The number of ether oxygens (including phenoxy) is 1. The normalized spacial score (nSPS) is 10.9. The largest absolute Gasteiger partial charge is 0.465 e. The number of rotatable bonds is 4. The Labute approximate surface area is 125 Å². The molecule has 7 heteroatoms. The fraction of sp³-hybridized carbons (Fsp3) is 0.214. The van der Waals surface area contributed by atoms with Gasteiger partial charge in [0.15, 0.2) is 0 Å². The topological polar surface area (TPSA) is 54.8 Å². The fourth-order valence-electron chi connectivity index (χ4n) is 1.54. The maximum absolute atomic E-state index is 12.9. The van der Waals surface area contributed by atoms with Crippen molar-refractivity contribution in [2.75, 3.05) is 21.2 Å². The molecule has 0 bridgehead atoms. The van der Waals surface area contributed by atoms with E-state index in [1.165, 1.54) is 24.5 Å². The monoisotopic (exact) mass is 307 g/mol. The van der Waals surface area contributed by atoms with Crippen LogP contribution >= 0.6 is 11.3 Å². The molecule has 0 aliphatic heterocycles. The van der Waals surface area contributed by atoms with Gasteiger partial charge in [-0.1, -0.05) is 0 Å². The van der Waals surface area contributed by atoms with Gasteiger partial charge in [-0.05, 0) is 18.2 Å². The molecule has 2 rings (SSSR count). The first-order valence-electron chi connectivity index (χ1n) is 6.06. The van der Waals surface area contributed by atoms with Crippen molar-refractivity contribution in [1.82, 2.24) is 9.88 Å². The van der Waals surface area contributed by atoms with E-state index in [1.54, 1.807) is 23.4 Å². The summed E-state index contributed by atoms with van der Waals surface area (Å²) < 4.78 is 17.7. The summed E-state index contributed by atoms with van der Waals surface area (Å²) in [6, 6.07) is 4.61. The van der Waals surface area contributed by atoms with Crippen molar-refractivity contribution < 1.29 is 13.9 Å². The van der Waals surface area contributed by atoms with Gasteiger partial charge in [0, 0.05) is 14.1 Å². The third-order valence-corrected chi connectivity index (χ3v) is 3.62. The molecule has 110 valence electrons. The Morgan fingerprint density at radius 2 is 2.24 bits per heavy atom. The van der Waals surface area contributed by atoms with Crippen molar-refractivity contribution in [2.45, 2.75) is 0 Å². The van der Waals surface area contributed by atoms with E-state index < -0.39 is 11.8 Å². The molecule has 2 aromatic rings. The molecule has 0 saturated carbocycles. The minimum Gasteiger partial charge on any atom is -0.465 e. The molecular formula is C14H14FN3O2S. The van der Waals surface area contributed by atoms with E-state index in [0.29, 0.717) is 16.3 Å². The zero-order valence-corrected chi connectivity index (χ0v) is 12.6. The molecule has 0 spiro atoms. The van der Waals surface area contributed by atoms with Crippen molar-refractivity contribution in [2.24, 2.45) is 4.99 Å².